The van der Waals surface area contributed by atoms with Gasteiger partial charge >= 0.3 is 5.97 Å². The second kappa shape index (κ2) is 4.88. The van der Waals surface area contributed by atoms with E-state index in [1.54, 1.807) is 0 Å². The summed E-state index contributed by atoms with van der Waals surface area (Å²) < 4.78 is 0. The summed E-state index contributed by atoms with van der Waals surface area (Å²) >= 11 is 0. The Kier molecular flexibility index (Phi) is 3.48. The number of benzene rings is 1. The van der Waals surface area contributed by atoms with E-state index in [1.807, 2.05) is 18.2 Å². The summed E-state index contributed by atoms with van der Waals surface area (Å²) in [7, 11) is 0. The second-order valence-electron chi connectivity index (χ2n) is 5.00. The molecule has 3 nitrogen and oxygen atoms in total. The fraction of sp³-hybridized carbons (Fsp3) is 0.500. The van der Waals surface area contributed by atoms with Crippen molar-refractivity contribution in [3.05, 3.63) is 34.9 Å². The molecule has 0 spiro atoms. The van der Waals surface area contributed by atoms with Crippen LogP contribution in [0.15, 0.2) is 18.2 Å². The van der Waals surface area contributed by atoms with Crippen molar-refractivity contribution < 1.29 is 15.0 Å². The van der Waals surface area contributed by atoms with Crippen LogP contribution in [0.4, 0.5) is 0 Å². The zero-order valence-corrected chi connectivity index (χ0v) is 10.0. The minimum absolute atomic E-state index is 0.0234. The first kappa shape index (κ1) is 12.1. The number of carbonyl (C=O) groups is 1. The van der Waals surface area contributed by atoms with Crippen LogP contribution in [-0.4, -0.2) is 16.2 Å². The summed E-state index contributed by atoms with van der Waals surface area (Å²) in [6, 6.07) is 5.68. The summed E-state index contributed by atoms with van der Waals surface area (Å²) in [5, 5.41) is 18.9. The molecule has 3 heteroatoms. The third-order valence-electron chi connectivity index (χ3n) is 3.46. The molecule has 0 bridgehead atoms. The lowest BCUT2D eigenvalue weighted by molar-refractivity contribution is -0.136. The van der Waals surface area contributed by atoms with Crippen LogP contribution < -0.4 is 0 Å². The molecule has 0 aliphatic heterocycles. The SMILES string of the molecule is CC1CCc2ccc(CC(=O)O)cc2C(O)C1. The Hall–Kier alpha value is -1.35. The maximum atomic E-state index is 10.7. The van der Waals surface area contributed by atoms with E-state index in [9.17, 15) is 9.90 Å². The predicted octanol–water partition coefficient (Wildman–Crippen LogP) is 2.32. The van der Waals surface area contributed by atoms with Crippen LogP contribution in [0, 0.1) is 5.92 Å². The molecule has 0 saturated carbocycles. The van der Waals surface area contributed by atoms with Gasteiger partial charge in [-0.3, -0.25) is 4.79 Å². The van der Waals surface area contributed by atoms with Gasteiger partial charge in [-0.05, 0) is 41.9 Å². The number of rotatable bonds is 2. The van der Waals surface area contributed by atoms with Gasteiger partial charge in [-0.1, -0.05) is 25.1 Å². The lowest BCUT2D eigenvalue weighted by Gasteiger charge is -2.14. The molecule has 2 unspecified atom stereocenters. The molecule has 0 saturated heterocycles. The number of hydrogen-bond acceptors (Lipinski definition) is 2. The Labute approximate surface area is 101 Å². The lowest BCUT2D eigenvalue weighted by atomic mass is 9.97. The molecule has 17 heavy (non-hydrogen) atoms. The molecule has 92 valence electrons. The molecule has 0 aromatic heterocycles. The average molecular weight is 234 g/mol. The van der Waals surface area contributed by atoms with Gasteiger partial charge in [-0.15, -0.1) is 0 Å². The van der Waals surface area contributed by atoms with Crippen molar-refractivity contribution in [1.29, 1.82) is 0 Å². The molecule has 0 radical (unpaired) electrons. The Balaban J connectivity index is 2.30. The zero-order chi connectivity index (χ0) is 12.4. The highest BCUT2D eigenvalue weighted by Crippen LogP contribution is 2.32. The summed E-state index contributed by atoms with van der Waals surface area (Å²) in [6.45, 7) is 2.15. The first-order valence-electron chi connectivity index (χ1n) is 6.08. The number of fused-ring (bicyclic) bond motifs is 1. The van der Waals surface area contributed by atoms with Crippen molar-refractivity contribution in [2.45, 2.75) is 38.7 Å². The van der Waals surface area contributed by atoms with Gasteiger partial charge < -0.3 is 10.2 Å². The number of aliphatic carboxylic acids is 1. The van der Waals surface area contributed by atoms with Crippen LogP contribution in [0.2, 0.25) is 0 Å². The third kappa shape index (κ3) is 2.86. The number of aliphatic hydroxyl groups is 1. The first-order chi connectivity index (χ1) is 8.06. The largest absolute Gasteiger partial charge is 0.481 e. The minimum atomic E-state index is -0.832. The zero-order valence-electron chi connectivity index (χ0n) is 10.0. The Morgan fingerprint density at radius 1 is 1.47 bits per heavy atom. The van der Waals surface area contributed by atoms with Gasteiger partial charge in [0.05, 0.1) is 12.5 Å². The molecule has 2 N–H and O–H groups in total. The number of carboxylic acid groups (broad SMARTS) is 1. The predicted molar refractivity (Wildman–Crippen MR) is 64.8 cm³/mol. The summed E-state index contributed by atoms with van der Waals surface area (Å²) in [6.07, 6.45) is 2.40. The standard InChI is InChI=1S/C14H18O3/c1-9-2-4-11-5-3-10(8-14(16)17)7-12(11)13(15)6-9/h3,5,7,9,13,15H,2,4,6,8H2,1H3,(H,16,17). The van der Waals surface area contributed by atoms with Gasteiger partial charge in [-0.2, -0.15) is 0 Å². The highest BCUT2D eigenvalue weighted by molar-refractivity contribution is 5.70. The fourth-order valence-corrected chi connectivity index (χ4v) is 2.49. The van der Waals surface area contributed by atoms with Crippen molar-refractivity contribution in [3.63, 3.8) is 0 Å². The molecule has 0 heterocycles. The smallest absolute Gasteiger partial charge is 0.307 e. The van der Waals surface area contributed by atoms with E-state index in [4.69, 9.17) is 5.11 Å². The van der Waals surface area contributed by atoms with E-state index < -0.39 is 12.1 Å². The molecule has 1 aliphatic carbocycles. The minimum Gasteiger partial charge on any atom is -0.481 e. The van der Waals surface area contributed by atoms with Crippen molar-refractivity contribution in [2.24, 2.45) is 5.92 Å². The van der Waals surface area contributed by atoms with E-state index in [0.29, 0.717) is 5.92 Å². The van der Waals surface area contributed by atoms with Crippen molar-refractivity contribution in [2.75, 3.05) is 0 Å². The lowest BCUT2D eigenvalue weighted by Crippen LogP contribution is -2.05. The second-order valence-corrected chi connectivity index (χ2v) is 5.00. The molecule has 1 aromatic rings. The number of hydrogen-bond donors (Lipinski definition) is 2. The van der Waals surface area contributed by atoms with Crippen LogP contribution in [0.25, 0.3) is 0 Å². The van der Waals surface area contributed by atoms with Crippen molar-refractivity contribution >= 4 is 5.97 Å². The normalized spacial score (nSPS) is 23.9. The van der Waals surface area contributed by atoms with Gasteiger partial charge in [0.2, 0.25) is 0 Å². The van der Waals surface area contributed by atoms with E-state index >= 15 is 0 Å². The van der Waals surface area contributed by atoms with E-state index in [1.165, 1.54) is 0 Å². The van der Waals surface area contributed by atoms with Gasteiger partial charge in [-0.25, -0.2) is 0 Å². The third-order valence-corrected chi connectivity index (χ3v) is 3.46. The maximum Gasteiger partial charge on any atom is 0.307 e. The summed E-state index contributed by atoms with van der Waals surface area (Å²) in [5.41, 5.74) is 2.86. The summed E-state index contributed by atoms with van der Waals surface area (Å²) in [5.74, 6) is -0.318. The van der Waals surface area contributed by atoms with Crippen molar-refractivity contribution in [1.82, 2.24) is 0 Å². The summed E-state index contributed by atoms with van der Waals surface area (Å²) in [4.78, 5) is 10.7. The molecule has 1 aliphatic rings. The number of aliphatic hydroxyl groups excluding tert-OH is 1. The van der Waals surface area contributed by atoms with Gasteiger partial charge in [0.15, 0.2) is 0 Å². The number of carboxylic acids is 1. The highest BCUT2D eigenvalue weighted by Gasteiger charge is 2.20. The average Bonchev–Trinajstić information content (AvgIpc) is 2.38. The molecule has 0 amide bonds. The van der Waals surface area contributed by atoms with E-state index in [0.717, 1.165) is 36.0 Å². The highest BCUT2D eigenvalue weighted by atomic mass is 16.4. The first-order valence-corrected chi connectivity index (χ1v) is 6.08. The Bertz CT molecular complexity index is 425. The van der Waals surface area contributed by atoms with E-state index in [2.05, 4.69) is 6.92 Å². The maximum absolute atomic E-state index is 10.7. The van der Waals surface area contributed by atoms with Gasteiger partial charge in [0.25, 0.3) is 0 Å². The van der Waals surface area contributed by atoms with Gasteiger partial charge in [0.1, 0.15) is 0 Å². The quantitative estimate of drug-likeness (QED) is 0.772. The molecule has 2 rings (SSSR count). The Morgan fingerprint density at radius 2 is 2.24 bits per heavy atom. The molecule has 0 fully saturated rings. The topological polar surface area (TPSA) is 57.5 Å². The fourth-order valence-electron chi connectivity index (χ4n) is 2.49. The van der Waals surface area contributed by atoms with E-state index in [-0.39, 0.29) is 6.42 Å². The molecule has 2 atom stereocenters. The van der Waals surface area contributed by atoms with Gasteiger partial charge in [0, 0.05) is 0 Å². The van der Waals surface area contributed by atoms with Crippen LogP contribution in [-0.2, 0) is 17.6 Å². The molecule has 1 aromatic carbocycles. The van der Waals surface area contributed by atoms with Crippen LogP contribution in [0.1, 0.15) is 42.6 Å². The van der Waals surface area contributed by atoms with Crippen LogP contribution in [0.3, 0.4) is 0 Å². The van der Waals surface area contributed by atoms with Crippen LogP contribution >= 0.6 is 0 Å². The molecular formula is C14H18O3. The Morgan fingerprint density at radius 3 is 2.94 bits per heavy atom. The molecular weight excluding hydrogens is 216 g/mol. The van der Waals surface area contributed by atoms with Crippen LogP contribution in [0.5, 0.6) is 0 Å². The number of aryl methyl sites for hydroxylation is 1. The van der Waals surface area contributed by atoms with Crippen molar-refractivity contribution in [3.8, 4) is 0 Å². The monoisotopic (exact) mass is 234 g/mol.